The van der Waals surface area contributed by atoms with Crippen LogP contribution in [0.25, 0.3) is 11.3 Å². The molecule has 1 aliphatic heterocycles. The number of sulfonamides is 1. The Balaban J connectivity index is 1.81. The monoisotopic (exact) mass is 360 g/mol. The molecule has 1 atom stereocenters. The maximum Gasteiger partial charge on any atom is 0.335 e. The van der Waals surface area contributed by atoms with E-state index in [4.69, 9.17) is 5.11 Å². The number of rotatable bonds is 5. The predicted octanol–water partition coefficient (Wildman–Crippen LogP) is 2.27. The van der Waals surface area contributed by atoms with Gasteiger partial charge in [0.25, 0.3) is 0 Å². The van der Waals surface area contributed by atoms with E-state index in [9.17, 15) is 13.2 Å². The molecule has 3 rings (SSSR count). The third-order valence-corrected chi connectivity index (χ3v) is 5.79. The molecule has 1 fully saturated rings. The highest BCUT2D eigenvalue weighted by atomic mass is 32.2. The van der Waals surface area contributed by atoms with E-state index in [0.29, 0.717) is 13.1 Å². The Morgan fingerprint density at radius 2 is 2.00 bits per heavy atom. The molecule has 1 aromatic carbocycles. The lowest BCUT2D eigenvalue weighted by Crippen LogP contribution is -2.27. The van der Waals surface area contributed by atoms with Crippen LogP contribution in [0.15, 0.2) is 42.6 Å². The molecule has 1 saturated heterocycles. The molecule has 1 unspecified atom stereocenters. The number of hydrogen-bond acceptors (Lipinski definition) is 4. The number of carboxylic acid groups (broad SMARTS) is 1. The molecule has 0 spiro atoms. The van der Waals surface area contributed by atoms with Crippen molar-refractivity contribution in [1.82, 2.24) is 9.29 Å². The maximum atomic E-state index is 11.7. The molecule has 1 aromatic heterocycles. The molecule has 0 radical (unpaired) electrons. The van der Waals surface area contributed by atoms with Gasteiger partial charge in [0, 0.05) is 24.8 Å². The van der Waals surface area contributed by atoms with Crippen LogP contribution in [0, 0.1) is 5.92 Å². The molecule has 0 bridgehead atoms. The van der Waals surface area contributed by atoms with E-state index in [1.807, 2.05) is 12.1 Å². The summed E-state index contributed by atoms with van der Waals surface area (Å²) < 4.78 is 24.9. The van der Waals surface area contributed by atoms with Crippen molar-refractivity contribution >= 4 is 16.0 Å². The Morgan fingerprint density at radius 3 is 2.60 bits per heavy atom. The van der Waals surface area contributed by atoms with Gasteiger partial charge in [-0.2, -0.15) is 0 Å². The predicted molar refractivity (Wildman–Crippen MR) is 94.9 cm³/mol. The second-order valence-corrected chi connectivity index (χ2v) is 8.36. The molecule has 132 valence electrons. The summed E-state index contributed by atoms with van der Waals surface area (Å²) in [4.78, 5) is 15.4. The van der Waals surface area contributed by atoms with Gasteiger partial charge in [0.2, 0.25) is 10.0 Å². The topological polar surface area (TPSA) is 87.6 Å². The summed E-state index contributed by atoms with van der Waals surface area (Å²) >= 11 is 0. The SMILES string of the molecule is CS(=O)(=O)N1CCC(Cc2cccnc2-c2ccc(C(=O)O)cc2)C1. The third kappa shape index (κ3) is 4.05. The van der Waals surface area contributed by atoms with E-state index >= 15 is 0 Å². The van der Waals surface area contributed by atoms with Gasteiger partial charge < -0.3 is 5.11 Å². The van der Waals surface area contributed by atoms with Crippen molar-refractivity contribution in [1.29, 1.82) is 0 Å². The Morgan fingerprint density at radius 1 is 1.28 bits per heavy atom. The summed E-state index contributed by atoms with van der Waals surface area (Å²) in [6, 6.07) is 10.5. The van der Waals surface area contributed by atoms with E-state index in [0.717, 1.165) is 29.7 Å². The lowest BCUT2D eigenvalue weighted by molar-refractivity contribution is 0.0697. The highest BCUT2D eigenvalue weighted by Crippen LogP contribution is 2.28. The fourth-order valence-corrected chi connectivity index (χ4v) is 4.13. The average Bonchev–Trinajstić information content (AvgIpc) is 3.04. The fourth-order valence-electron chi connectivity index (χ4n) is 3.21. The Hall–Kier alpha value is -2.25. The minimum Gasteiger partial charge on any atom is -0.478 e. The van der Waals surface area contributed by atoms with Crippen LogP contribution in [-0.4, -0.2) is 48.1 Å². The van der Waals surface area contributed by atoms with Gasteiger partial charge in [0.1, 0.15) is 0 Å². The summed E-state index contributed by atoms with van der Waals surface area (Å²) in [6.45, 7) is 1.09. The zero-order valence-corrected chi connectivity index (χ0v) is 14.7. The van der Waals surface area contributed by atoms with Gasteiger partial charge in [-0.3, -0.25) is 4.98 Å². The molecule has 0 aliphatic carbocycles. The first kappa shape index (κ1) is 17.6. The van der Waals surface area contributed by atoms with E-state index in [2.05, 4.69) is 4.98 Å². The van der Waals surface area contributed by atoms with Gasteiger partial charge in [-0.1, -0.05) is 18.2 Å². The fraction of sp³-hybridized carbons (Fsp3) is 0.333. The quantitative estimate of drug-likeness (QED) is 0.884. The zero-order chi connectivity index (χ0) is 18.0. The maximum absolute atomic E-state index is 11.7. The normalized spacial score (nSPS) is 18.4. The van der Waals surface area contributed by atoms with Gasteiger partial charge in [-0.25, -0.2) is 17.5 Å². The minimum atomic E-state index is -3.14. The van der Waals surface area contributed by atoms with Crippen LogP contribution in [0.1, 0.15) is 22.3 Å². The van der Waals surface area contributed by atoms with E-state index in [1.165, 1.54) is 10.6 Å². The van der Waals surface area contributed by atoms with Crippen molar-refractivity contribution in [3.05, 3.63) is 53.7 Å². The number of carbonyl (C=O) groups is 1. The van der Waals surface area contributed by atoms with Crippen molar-refractivity contribution in [3.63, 3.8) is 0 Å². The first-order valence-corrected chi connectivity index (χ1v) is 9.92. The van der Waals surface area contributed by atoms with Gasteiger partial charge in [0.05, 0.1) is 17.5 Å². The molecule has 0 amide bonds. The first-order chi connectivity index (χ1) is 11.8. The van der Waals surface area contributed by atoms with Gasteiger partial charge in [0.15, 0.2) is 0 Å². The molecule has 0 saturated carbocycles. The highest BCUT2D eigenvalue weighted by Gasteiger charge is 2.29. The van der Waals surface area contributed by atoms with Crippen molar-refractivity contribution in [2.24, 2.45) is 5.92 Å². The van der Waals surface area contributed by atoms with Crippen LogP contribution in [0.3, 0.4) is 0 Å². The number of aromatic carboxylic acids is 1. The standard InChI is InChI=1S/C18H20N2O4S/c1-25(23,24)20-10-8-13(12-20)11-16-3-2-9-19-17(16)14-4-6-15(7-5-14)18(21)22/h2-7,9,13H,8,10-12H2,1H3,(H,21,22). The van der Waals surface area contributed by atoms with Crippen LogP contribution in [0.4, 0.5) is 0 Å². The Kier molecular flexibility index (Phi) is 4.87. The minimum absolute atomic E-state index is 0.237. The molecule has 6 nitrogen and oxygen atoms in total. The van der Waals surface area contributed by atoms with E-state index in [1.54, 1.807) is 30.5 Å². The van der Waals surface area contributed by atoms with Crippen molar-refractivity contribution in [3.8, 4) is 11.3 Å². The Bertz CT molecular complexity index is 878. The average molecular weight is 360 g/mol. The molecule has 2 heterocycles. The molecule has 25 heavy (non-hydrogen) atoms. The third-order valence-electron chi connectivity index (χ3n) is 4.52. The summed E-state index contributed by atoms with van der Waals surface area (Å²) in [7, 11) is -3.14. The molecule has 1 N–H and O–H groups in total. The number of hydrogen-bond donors (Lipinski definition) is 1. The first-order valence-electron chi connectivity index (χ1n) is 8.07. The summed E-state index contributed by atoms with van der Waals surface area (Å²) in [5.41, 5.74) is 2.96. The van der Waals surface area contributed by atoms with Gasteiger partial charge >= 0.3 is 5.97 Å². The lowest BCUT2D eigenvalue weighted by atomic mass is 9.95. The summed E-state index contributed by atoms with van der Waals surface area (Å²) in [5, 5.41) is 9.01. The second-order valence-electron chi connectivity index (χ2n) is 6.37. The lowest BCUT2D eigenvalue weighted by Gasteiger charge is -2.15. The largest absolute Gasteiger partial charge is 0.478 e. The number of carboxylic acids is 1. The zero-order valence-electron chi connectivity index (χ0n) is 13.9. The van der Waals surface area contributed by atoms with E-state index in [-0.39, 0.29) is 11.5 Å². The molecule has 7 heteroatoms. The molecular formula is C18H20N2O4S. The van der Waals surface area contributed by atoms with Crippen LogP contribution < -0.4 is 0 Å². The van der Waals surface area contributed by atoms with Crippen LogP contribution in [0.5, 0.6) is 0 Å². The van der Waals surface area contributed by atoms with Crippen molar-refractivity contribution in [2.45, 2.75) is 12.8 Å². The van der Waals surface area contributed by atoms with Crippen LogP contribution in [0.2, 0.25) is 0 Å². The van der Waals surface area contributed by atoms with Crippen LogP contribution in [-0.2, 0) is 16.4 Å². The molecule has 1 aliphatic rings. The van der Waals surface area contributed by atoms with E-state index < -0.39 is 16.0 Å². The number of aromatic nitrogens is 1. The molecule has 2 aromatic rings. The second kappa shape index (κ2) is 6.93. The van der Waals surface area contributed by atoms with Gasteiger partial charge in [-0.15, -0.1) is 0 Å². The number of benzene rings is 1. The summed E-state index contributed by atoms with van der Waals surface area (Å²) in [5.74, 6) is -0.699. The number of nitrogens with zero attached hydrogens (tertiary/aromatic N) is 2. The smallest absolute Gasteiger partial charge is 0.335 e. The van der Waals surface area contributed by atoms with Crippen molar-refractivity contribution in [2.75, 3.05) is 19.3 Å². The van der Waals surface area contributed by atoms with Crippen LogP contribution >= 0.6 is 0 Å². The number of pyridine rings is 1. The highest BCUT2D eigenvalue weighted by molar-refractivity contribution is 7.88. The Labute approximate surface area is 147 Å². The van der Waals surface area contributed by atoms with Crippen molar-refractivity contribution < 1.29 is 18.3 Å². The summed E-state index contributed by atoms with van der Waals surface area (Å²) in [6.07, 6.45) is 4.53. The molecular weight excluding hydrogens is 340 g/mol. The van der Waals surface area contributed by atoms with Gasteiger partial charge in [-0.05, 0) is 42.5 Å².